The fraction of sp³-hybridized carbons (Fsp3) is 0.0714. The zero-order chi connectivity index (χ0) is 15.6. The van der Waals surface area contributed by atoms with Crippen molar-refractivity contribution in [1.82, 2.24) is 0 Å². The number of hydrogen-bond donors (Lipinski definition) is 2. The van der Waals surface area contributed by atoms with E-state index in [0.29, 0.717) is 9.13 Å². The maximum atomic E-state index is 11.0. The van der Waals surface area contributed by atoms with Gasteiger partial charge in [0, 0.05) is 21.4 Å². The smallest absolute Gasteiger partial charge is 0.335 e. The second-order valence-corrected chi connectivity index (χ2v) is 5.54. The van der Waals surface area contributed by atoms with Crippen LogP contribution in [0.4, 0.5) is 17.1 Å². The summed E-state index contributed by atoms with van der Waals surface area (Å²) in [6.07, 6.45) is 0. The number of carboxylic acid groups (broad SMARTS) is 1. The molecule has 21 heavy (non-hydrogen) atoms. The van der Waals surface area contributed by atoms with E-state index in [1.54, 1.807) is 25.1 Å². The number of halogens is 1. The Hall–Kier alpha value is -2.16. The molecule has 0 aliphatic rings. The molecule has 0 spiro atoms. The average Bonchev–Trinajstić information content (AvgIpc) is 2.40. The summed E-state index contributed by atoms with van der Waals surface area (Å²) >= 11 is 2.01. The minimum absolute atomic E-state index is 0.0300. The monoisotopic (exact) mass is 398 g/mol. The van der Waals surface area contributed by atoms with Crippen molar-refractivity contribution in [3.63, 3.8) is 0 Å². The van der Waals surface area contributed by atoms with Gasteiger partial charge in [0.2, 0.25) is 0 Å². The first-order chi connectivity index (χ1) is 9.88. The molecular weight excluding hydrogens is 387 g/mol. The first-order valence-corrected chi connectivity index (χ1v) is 7.01. The van der Waals surface area contributed by atoms with Gasteiger partial charge in [-0.3, -0.25) is 10.1 Å². The van der Waals surface area contributed by atoms with Crippen molar-refractivity contribution >= 4 is 45.6 Å². The van der Waals surface area contributed by atoms with E-state index in [1.807, 2.05) is 22.6 Å². The maximum Gasteiger partial charge on any atom is 0.335 e. The topological polar surface area (TPSA) is 92.5 Å². The number of nitro groups is 1. The van der Waals surface area contributed by atoms with E-state index in [-0.39, 0.29) is 11.3 Å². The van der Waals surface area contributed by atoms with Gasteiger partial charge in [-0.15, -0.1) is 0 Å². The normalized spacial score (nSPS) is 10.2. The zero-order valence-corrected chi connectivity index (χ0v) is 13.1. The second kappa shape index (κ2) is 6.08. The van der Waals surface area contributed by atoms with Crippen LogP contribution in [-0.4, -0.2) is 16.0 Å². The van der Waals surface area contributed by atoms with Crippen LogP contribution in [0.1, 0.15) is 15.9 Å². The van der Waals surface area contributed by atoms with Gasteiger partial charge in [0.15, 0.2) is 0 Å². The molecule has 2 rings (SSSR count). The summed E-state index contributed by atoms with van der Waals surface area (Å²) in [5.74, 6) is -0.969. The van der Waals surface area contributed by atoms with Gasteiger partial charge < -0.3 is 10.4 Å². The third-order valence-corrected chi connectivity index (χ3v) is 3.79. The van der Waals surface area contributed by atoms with Gasteiger partial charge in [0.1, 0.15) is 0 Å². The summed E-state index contributed by atoms with van der Waals surface area (Å²) in [4.78, 5) is 21.2. The summed E-state index contributed by atoms with van der Waals surface area (Å²) in [6.45, 7) is 1.72. The summed E-state index contributed by atoms with van der Waals surface area (Å²) in [5, 5.41) is 22.8. The molecule has 0 saturated carbocycles. The number of aromatic carboxylic acids is 1. The number of carbonyl (C=O) groups is 1. The van der Waals surface area contributed by atoms with E-state index in [9.17, 15) is 14.9 Å². The van der Waals surface area contributed by atoms with Gasteiger partial charge in [-0.25, -0.2) is 4.79 Å². The molecule has 2 aromatic rings. The Morgan fingerprint density at radius 3 is 2.52 bits per heavy atom. The number of anilines is 2. The van der Waals surface area contributed by atoms with E-state index in [4.69, 9.17) is 5.11 Å². The Bertz CT molecular complexity index is 731. The van der Waals surface area contributed by atoms with Crippen LogP contribution in [0.15, 0.2) is 36.4 Å². The van der Waals surface area contributed by atoms with Gasteiger partial charge in [-0.05, 0) is 59.3 Å². The van der Waals surface area contributed by atoms with Crippen molar-refractivity contribution < 1.29 is 14.8 Å². The molecule has 108 valence electrons. The van der Waals surface area contributed by atoms with Crippen LogP contribution in [0.2, 0.25) is 0 Å². The number of rotatable bonds is 4. The molecule has 2 N–H and O–H groups in total. The molecule has 7 heteroatoms. The summed E-state index contributed by atoms with van der Waals surface area (Å²) in [6, 6.07) is 9.43. The van der Waals surface area contributed by atoms with Gasteiger partial charge in [0.25, 0.3) is 5.69 Å². The molecular formula is C14H11IN2O4. The van der Waals surface area contributed by atoms with Crippen molar-refractivity contribution in [1.29, 1.82) is 0 Å². The molecule has 0 aliphatic carbocycles. The molecule has 0 bridgehead atoms. The average molecular weight is 398 g/mol. The molecule has 0 aliphatic heterocycles. The zero-order valence-electron chi connectivity index (χ0n) is 11.0. The van der Waals surface area contributed by atoms with Crippen molar-refractivity contribution in [3.05, 3.63) is 61.2 Å². The molecule has 0 saturated heterocycles. The number of carboxylic acids is 1. The van der Waals surface area contributed by atoms with E-state index in [0.717, 1.165) is 11.4 Å². The molecule has 2 aromatic carbocycles. The predicted octanol–water partition coefficient (Wildman–Crippen LogP) is 3.95. The Morgan fingerprint density at radius 2 is 2.00 bits per heavy atom. The highest BCUT2D eigenvalue weighted by Crippen LogP contribution is 2.27. The lowest BCUT2D eigenvalue weighted by molar-refractivity contribution is -0.384. The largest absolute Gasteiger partial charge is 0.478 e. The van der Waals surface area contributed by atoms with Gasteiger partial charge in [-0.2, -0.15) is 0 Å². The number of nitro benzene ring substituents is 1. The predicted molar refractivity (Wildman–Crippen MR) is 87.2 cm³/mol. The third kappa shape index (κ3) is 3.48. The van der Waals surface area contributed by atoms with E-state index < -0.39 is 10.9 Å². The number of non-ortho nitro benzene ring substituents is 1. The van der Waals surface area contributed by atoms with Crippen LogP contribution < -0.4 is 5.32 Å². The van der Waals surface area contributed by atoms with Crippen LogP contribution in [0.3, 0.4) is 0 Å². The Balaban J connectivity index is 2.28. The molecule has 0 unspecified atom stereocenters. The van der Waals surface area contributed by atoms with Crippen LogP contribution in [0, 0.1) is 20.6 Å². The van der Waals surface area contributed by atoms with E-state index in [1.165, 1.54) is 18.2 Å². The minimum Gasteiger partial charge on any atom is -0.478 e. The number of aryl methyl sites for hydroxylation is 1. The lowest BCUT2D eigenvalue weighted by Gasteiger charge is -2.10. The highest BCUT2D eigenvalue weighted by atomic mass is 127. The standard InChI is InChI=1S/C14H11IN2O4/c1-8-6-9(2-4-11(8)14(18)19)16-13-5-3-10(17(20)21)7-12(13)15/h2-7,16H,1H3,(H,18,19). The Morgan fingerprint density at radius 1 is 1.29 bits per heavy atom. The summed E-state index contributed by atoms with van der Waals surface area (Å²) in [7, 11) is 0. The van der Waals surface area contributed by atoms with Gasteiger partial charge in [0.05, 0.1) is 16.2 Å². The number of benzene rings is 2. The van der Waals surface area contributed by atoms with E-state index >= 15 is 0 Å². The fourth-order valence-corrected chi connectivity index (χ4v) is 2.49. The Kier molecular flexibility index (Phi) is 4.41. The molecule has 0 aromatic heterocycles. The lowest BCUT2D eigenvalue weighted by Crippen LogP contribution is -2.01. The highest BCUT2D eigenvalue weighted by Gasteiger charge is 2.11. The molecule has 0 atom stereocenters. The van der Waals surface area contributed by atoms with Crippen molar-refractivity contribution in [2.75, 3.05) is 5.32 Å². The Labute approximate surface area is 134 Å². The lowest BCUT2D eigenvalue weighted by atomic mass is 10.1. The van der Waals surface area contributed by atoms with E-state index in [2.05, 4.69) is 5.32 Å². The first-order valence-electron chi connectivity index (χ1n) is 5.93. The highest BCUT2D eigenvalue weighted by molar-refractivity contribution is 14.1. The van der Waals surface area contributed by atoms with Crippen molar-refractivity contribution in [3.8, 4) is 0 Å². The van der Waals surface area contributed by atoms with Crippen LogP contribution in [0.25, 0.3) is 0 Å². The number of hydrogen-bond acceptors (Lipinski definition) is 4. The molecule has 0 radical (unpaired) electrons. The first kappa shape index (κ1) is 15.2. The number of nitrogens with one attached hydrogen (secondary N) is 1. The second-order valence-electron chi connectivity index (χ2n) is 4.38. The number of nitrogens with zero attached hydrogens (tertiary/aromatic N) is 1. The van der Waals surface area contributed by atoms with Gasteiger partial charge in [-0.1, -0.05) is 0 Å². The SMILES string of the molecule is Cc1cc(Nc2ccc([N+](=O)[O-])cc2I)ccc1C(=O)O. The quantitative estimate of drug-likeness (QED) is 0.462. The fourth-order valence-electron chi connectivity index (χ4n) is 1.86. The maximum absolute atomic E-state index is 11.0. The van der Waals surface area contributed by atoms with Crippen LogP contribution in [0.5, 0.6) is 0 Å². The minimum atomic E-state index is -0.969. The molecule has 0 amide bonds. The molecule has 0 fully saturated rings. The van der Waals surface area contributed by atoms with Crippen LogP contribution >= 0.6 is 22.6 Å². The van der Waals surface area contributed by atoms with Crippen molar-refractivity contribution in [2.24, 2.45) is 0 Å². The summed E-state index contributed by atoms with van der Waals surface area (Å²) < 4.78 is 0.710. The van der Waals surface area contributed by atoms with Gasteiger partial charge >= 0.3 is 5.97 Å². The van der Waals surface area contributed by atoms with Crippen molar-refractivity contribution in [2.45, 2.75) is 6.92 Å². The van der Waals surface area contributed by atoms with Crippen LogP contribution in [-0.2, 0) is 0 Å². The third-order valence-electron chi connectivity index (χ3n) is 2.90. The summed E-state index contributed by atoms with van der Waals surface area (Å²) in [5.41, 5.74) is 2.37. The molecule has 6 nitrogen and oxygen atoms in total. The molecule has 0 heterocycles.